The second kappa shape index (κ2) is 11.8. The van der Waals surface area contributed by atoms with Crippen molar-refractivity contribution < 1.29 is 0 Å². The lowest BCUT2D eigenvalue weighted by atomic mass is 9.26. The van der Waals surface area contributed by atoms with E-state index in [-0.39, 0.29) is 48.0 Å². The van der Waals surface area contributed by atoms with Crippen molar-refractivity contribution >= 4 is 57.8 Å². The maximum Gasteiger partial charge on any atom is 0.301 e. The Bertz CT molecular complexity index is 2770. The summed E-state index contributed by atoms with van der Waals surface area (Å²) in [6.07, 6.45) is 19.6. The summed E-state index contributed by atoms with van der Waals surface area (Å²) in [6, 6.07) is 55.5. The summed E-state index contributed by atoms with van der Waals surface area (Å²) in [5.41, 5.74) is 13.4. The molecule has 7 aromatic rings. The number of nitrogens with zero attached hydrogens (tertiary/aromatic N) is 2. The van der Waals surface area contributed by atoms with Crippen molar-refractivity contribution in [2.45, 2.75) is 36.3 Å². The van der Waals surface area contributed by atoms with E-state index in [1.54, 1.807) is 0 Å². The van der Waals surface area contributed by atoms with Gasteiger partial charge in [0.2, 0.25) is 0 Å². The fourth-order valence-electron chi connectivity index (χ4n) is 12.4. The van der Waals surface area contributed by atoms with Gasteiger partial charge in [-0.05, 0) is 70.0 Å². The van der Waals surface area contributed by atoms with E-state index in [9.17, 15) is 0 Å². The molecule has 266 valence electrons. The monoisotopic (exact) mass is 716 g/mol. The molecule has 5 unspecified atom stereocenters. The molecule has 2 aliphatic carbocycles. The molecule has 4 heteroatoms. The Kier molecular flexibility index (Phi) is 6.78. The van der Waals surface area contributed by atoms with Gasteiger partial charge in [-0.25, -0.2) is 0 Å². The Labute approximate surface area is 330 Å². The molecule has 3 aliphatic heterocycles. The second-order valence-corrected chi connectivity index (χ2v) is 17.1. The van der Waals surface area contributed by atoms with Gasteiger partial charge in [0, 0.05) is 44.0 Å². The van der Waals surface area contributed by atoms with Crippen LogP contribution < -0.4 is 15.7 Å². The summed E-state index contributed by atoms with van der Waals surface area (Å²) in [7, 11) is 0. The van der Waals surface area contributed by atoms with E-state index in [0.29, 0.717) is 0 Å². The van der Waals surface area contributed by atoms with Crippen molar-refractivity contribution in [3.8, 4) is 0 Å². The first-order chi connectivity index (χ1) is 27.6. The van der Waals surface area contributed by atoms with Crippen LogP contribution in [0.1, 0.15) is 36.1 Å². The Hall–Kier alpha value is -5.99. The number of rotatable bonds is 2. The first-order valence-corrected chi connectivity index (χ1v) is 20.4. The Morgan fingerprint density at radius 1 is 0.429 bits per heavy atom. The molecule has 0 bridgehead atoms. The fraction of sp³-hybridized carbons (Fsp3) is 0.154. The summed E-state index contributed by atoms with van der Waals surface area (Å²) >= 11 is 0. The Morgan fingerprint density at radius 2 is 0.839 bits per heavy atom. The van der Waals surface area contributed by atoms with E-state index < -0.39 is 0 Å². The maximum atomic E-state index is 2.73. The first kappa shape index (κ1) is 32.3. The molecule has 0 amide bonds. The van der Waals surface area contributed by atoms with Crippen molar-refractivity contribution in [1.82, 2.24) is 4.48 Å². The van der Waals surface area contributed by atoms with Gasteiger partial charge in [-0.3, -0.25) is 0 Å². The molecule has 5 aliphatic rings. The van der Waals surface area contributed by atoms with Gasteiger partial charge >= 0.3 is 13.7 Å². The lowest BCUT2D eigenvalue weighted by molar-refractivity contribution is 0.279. The van der Waals surface area contributed by atoms with Crippen molar-refractivity contribution in [1.29, 1.82) is 0 Å². The molecule has 2 nitrogen and oxygen atoms in total. The summed E-state index contributed by atoms with van der Waals surface area (Å²) in [5.74, 6) is 0.884. The lowest BCUT2D eigenvalue weighted by Gasteiger charge is -2.60. The number of para-hydroxylation sites is 4. The summed E-state index contributed by atoms with van der Waals surface area (Å²) < 4.78 is 2.69. The van der Waals surface area contributed by atoms with E-state index in [1.165, 1.54) is 66.4 Å². The van der Waals surface area contributed by atoms with Gasteiger partial charge in [0.25, 0.3) is 0 Å². The van der Waals surface area contributed by atoms with E-state index in [0.717, 1.165) is 0 Å². The van der Waals surface area contributed by atoms with Gasteiger partial charge in [-0.15, -0.1) is 0 Å². The largest absolute Gasteiger partial charge is 0.380 e. The third-order valence-corrected chi connectivity index (χ3v) is 14.4. The lowest BCUT2D eigenvalue weighted by Crippen LogP contribution is -2.68. The van der Waals surface area contributed by atoms with Gasteiger partial charge in [0.15, 0.2) is 0 Å². The van der Waals surface area contributed by atoms with Crippen molar-refractivity contribution in [3.05, 3.63) is 216 Å². The average molecular weight is 717 g/mol. The molecule has 0 saturated carbocycles. The van der Waals surface area contributed by atoms with Crippen LogP contribution in [0, 0.1) is 11.8 Å². The molecule has 0 N–H and O–H groups in total. The molecule has 12 rings (SSSR count). The molecule has 0 radical (unpaired) electrons. The highest BCUT2D eigenvalue weighted by Gasteiger charge is 2.63. The minimum Gasteiger partial charge on any atom is -0.380 e. The number of anilines is 2. The van der Waals surface area contributed by atoms with Crippen LogP contribution >= 0.6 is 0 Å². The Balaban J connectivity index is 1.16. The van der Waals surface area contributed by atoms with Gasteiger partial charge < -0.3 is 9.29 Å². The van der Waals surface area contributed by atoms with Crippen LogP contribution in [0.5, 0.6) is 0 Å². The molecular formula is C52H42B2N2. The van der Waals surface area contributed by atoms with Gasteiger partial charge in [-0.2, -0.15) is 0 Å². The van der Waals surface area contributed by atoms with Crippen LogP contribution in [0.4, 0.5) is 11.4 Å². The number of hydrogen-bond donors (Lipinski definition) is 0. The molecule has 56 heavy (non-hydrogen) atoms. The van der Waals surface area contributed by atoms with Crippen LogP contribution in [0.15, 0.2) is 194 Å². The highest BCUT2D eigenvalue weighted by Crippen LogP contribution is 2.62. The van der Waals surface area contributed by atoms with Crippen LogP contribution in [-0.4, -0.2) is 18.2 Å². The van der Waals surface area contributed by atoms with E-state index >= 15 is 0 Å². The predicted octanol–water partition coefficient (Wildman–Crippen LogP) is 10.8. The van der Waals surface area contributed by atoms with Gasteiger partial charge in [0.05, 0.1) is 0 Å². The zero-order chi connectivity index (χ0) is 37.2. The third kappa shape index (κ3) is 4.04. The van der Waals surface area contributed by atoms with E-state index in [2.05, 4.69) is 217 Å². The molecule has 6 aromatic carbocycles. The molecule has 4 heterocycles. The molecule has 1 aromatic heterocycles. The summed E-state index contributed by atoms with van der Waals surface area (Å²) in [6.45, 7) is 5.02. The van der Waals surface area contributed by atoms with Crippen LogP contribution in [0.25, 0.3) is 21.8 Å². The number of hydrogen-bond acceptors (Lipinski definition) is 1. The fourth-order valence-corrected chi connectivity index (χ4v) is 12.4. The standard InChI is InChI=1S/C52H42B2N2/c1-51(2)41-25-9-17-33-49(41)56(50-34-18-10-26-42(50)51)54-45-29-13-7-23-39(45)52(40-24-8-14-30-46(40)54)37-21-5-11-27-43(37)53(44-28-12-6-22-38(44)52)55-47-31-15-3-19-35(47)36-20-4-16-32-48(36)55/h3-34,37,39,43,45H,1-2H3. The minimum atomic E-state index is -0.301. The third-order valence-electron chi connectivity index (χ3n) is 14.4. The molecule has 1 spiro atoms. The van der Waals surface area contributed by atoms with Crippen molar-refractivity contribution in [2.75, 3.05) is 4.81 Å². The molecule has 5 atom stereocenters. The van der Waals surface area contributed by atoms with Crippen LogP contribution in [0.3, 0.4) is 0 Å². The van der Waals surface area contributed by atoms with E-state index in [4.69, 9.17) is 0 Å². The smallest absolute Gasteiger partial charge is 0.301 e. The number of benzene rings is 6. The number of allylic oxidation sites excluding steroid dienone is 8. The highest BCUT2D eigenvalue weighted by atomic mass is 15.1. The average Bonchev–Trinajstić information content (AvgIpc) is 3.58. The SMILES string of the molecule is CC1(C)c2ccccc2N(B2c3ccccc3C3(c4ccccc4B(n4c5ccccc5c5ccccc54)C4C=CC=CC43)C3C=CC=CC23)c2ccccc21. The van der Waals surface area contributed by atoms with Gasteiger partial charge in [0.1, 0.15) is 0 Å². The molecular weight excluding hydrogens is 674 g/mol. The number of fused-ring (bicyclic) bond motifs is 13. The quantitative estimate of drug-likeness (QED) is 0.162. The molecule has 0 saturated heterocycles. The zero-order valence-electron chi connectivity index (χ0n) is 31.8. The molecule has 0 fully saturated rings. The maximum absolute atomic E-state index is 2.73. The van der Waals surface area contributed by atoms with Crippen LogP contribution in [0.2, 0.25) is 11.6 Å². The van der Waals surface area contributed by atoms with Crippen LogP contribution in [-0.2, 0) is 10.8 Å². The zero-order valence-corrected chi connectivity index (χ0v) is 31.8. The topological polar surface area (TPSA) is 8.17 Å². The van der Waals surface area contributed by atoms with E-state index in [1.807, 2.05) is 0 Å². The van der Waals surface area contributed by atoms with Crippen molar-refractivity contribution in [3.63, 3.8) is 0 Å². The summed E-state index contributed by atoms with van der Waals surface area (Å²) in [4.78, 5) is 2.73. The normalized spacial score (nSPS) is 24.8. The first-order valence-electron chi connectivity index (χ1n) is 20.4. The minimum absolute atomic E-state index is 0.102. The second-order valence-electron chi connectivity index (χ2n) is 17.1. The van der Waals surface area contributed by atoms with Gasteiger partial charge in [-0.1, -0.05) is 195 Å². The Morgan fingerprint density at radius 3 is 1.39 bits per heavy atom. The number of aromatic nitrogens is 1. The summed E-state index contributed by atoms with van der Waals surface area (Å²) in [5, 5.41) is 2.65. The highest BCUT2D eigenvalue weighted by molar-refractivity contribution is 6.81. The predicted molar refractivity (Wildman–Crippen MR) is 237 cm³/mol. The van der Waals surface area contributed by atoms with Crippen molar-refractivity contribution in [2.24, 2.45) is 11.8 Å².